The molecule has 2 aliphatic rings. The number of carbonyl (C=O) groups excluding carboxylic acids is 1. The third kappa shape index (κ3) is 2.89. The number of rotatable bonds is 1. The van der Waals surface area contributed by atoms with E-state index >= 15 is 0 Å². The van der Waals surface area contributed by atoms with Gasteiger partial charge in [0.15, 0.2) is 5.65 Å². The first kappa shape index (κ1) is 17.2. The minimum Gasteiger partial charge on any atom is -0.339 e. The zero-order chi connectivity index (χ0) is 16.0. The summed E-state index contributed by atoms with van der Waals surface area (Å²) in [6.07, 6.45) is 3.90. The van der Waals surface area contributed by atoms with Gasteiger partial charge in [0.05, 0.1) is 17.0 Å². The summed E-state index contributed by atoms with van der Waals surface area (Å²) < 4.78 is 1.78. The smallest absolute Gasteiger partial charge is 0.257 e. The third-order valence-corrected chi connectivity index (χ3v) is 5.38. The minimum absolute atomic E-state index is 0. The van der Waals surface area contributed by atoms with E-state index in [1.807, 2.05) is 24.8 Å². The highest BCUT2D eigenvalue weighted by Crippen LogP contribution is 2.28. The predicted octanol–water partition coefficient (Wildman–Crippen LogP) is 1.84. The highest BCUT2D eigenvalue weighted by Gasteiger charge is 2.32. The van der Waals surface area contributed by atoms with E-state index in [2.05, 4.69) is 15.4 Å². The summed E-state index contributed by atoms with van der Waals surface area (Å²) in [6.45, 7) is 7.79. The maximum absolute atomic E-state index is 13.0. The summed E-state index contributed by atoms with van der Waals surface area (Å²) in [6, 6.07) is 1.93. The average molecular weight is 350 g/mol. The summed E-state index contributed by atoms with van der Waals surface area (Å²) in [5, 5.41) is 7.92. The van der Waals surface area contributed by atoms with Gasteiger partial charge in [0, 0.05) is 25.4 Å². The van der Waals surface area contributed by atoms with Crippen LogP contribution in [0.3, 0.4) is 0 Å². The highest BCUT2D eigenvalue weighted by molar-refractivity contribution is 5.95. The molecule has 4 rings (SSSR count). The van der Waals surface area contributed by atoms with Crippen LogP contribution in [0.4, 0.5) is 0 Å². The van der Waals surface area contributed by atoms with Crippen LogP contribution in [0.2, 0.25) is 0 Å². The van der Waals surface area contributed by atoms with Crippen LogP contribution < -0.4 is 5.32 Å². The highest BCUT2D eigenvalue weighted by atomic mass is 35.5. The number of likely N-dealkylation sites (tertiary alicyclic amines) is 1. The maximum atomic E-state index is 13.0. The van der Waals surface area contributed by atoms with Crippen molar-refractivity contribution in [3.05, 3.63) is 29.2 Å². The van der Waals surface area contributed by atoms with Gasteiger partial charge >= 0.3 is 0 Å². The molecule has 0 aliphatic carbocycles. The number of halogens is 1. The Bertz CT molecular complexity index is 745. The first-order valence-corrected chi connectivity index (χ1v) is 8.45. The van der Waals surface area contributed by atoms with E-state index in [1.54, 1.807) is 10.7 Å². The first-order valence-electron chi connectivity index (χ1n) is 8.45. The van der Waals surface area contributed by atoms with E-state index in [-0.39, 0.29) is 18.3 Å². The molecular weight excluding hydrogens is 326 g/mol. The van der Waals surface area contributed by atoms with Crippen LogP contribution in [0.15, 0.2) is 12.3 Å². The molecule has 6 nitrogen and oxygen atoms in total. The van der Waals surface area contributed by atoms with E-state index in [0.29, 0.717) is 5.56 Å². The third-order valence-electron chi connectivity index (χ3n) is 5.38. The number of hydrogen-bond acceptors (Lipinski definition) is 4. The van der Waals surface area contributed by atoms with Gasteiger partial charge in [0.25, 0.3) is 5.91 Å². The van der Waals surface area contributed by atoms with Crippen molar-refractivity contribution < 1.29 is 4.79 Å². The zero-order valence-corrected chi connectivity index (χ0v) is 15.0. The molecule has 0 unspecified atom stereocenters. The van der Waals surface area contributed by atoms with Crippen LogP contribution in [0, 0.1) is 25.7 Å². The maximum Gasteiger partial charge on any atom is 0.257 e. The predicted molar refractivity (Wildman–Crippen MR) is 94.7 cm³/mol. The van der Waals surface area contributed by atoms with Crippen molar-refractivity contribution in [3.8, 4) is 0 Å². The lowest BCUT2D eigenvalue weighted by Crippen LogP contribution is -2.33. The normalized spacial score (nSPS) is 23.7. The van der Waals surface area contributed by atoms with Crippen LogP contribution >= 0.6 is 12.4 Å². The van der Waals surface area contributed by atoms with Crippen molar-refractivity contribution in [1.29, 1.82) is 0 Å². The topological polar surface area (TPSA) is 62.5 Å². The largest absolute Gasteiger partial charge is 0.339 e. The van der Waals surface area contributed by atoms with Gasteiger partial charge in [0.2, 0.25) is 0 Å². The van der Waals surface area contributed by atoms with E-state index in [4.69, 9.17) is 0 Å². The van der Waals surface area contributed by atoms with Crippen LogP contribution in [0.25, 0.3) is 5.65 Å². The molecule has 2 saturated heterocycles. The number of aryl methyl sites for hydroxylation is 2. The second kappa shape index (κ2) is 6.69. The van der Waals surface area contributed by atoms with Gasteiger partial charge < -0.3 is 10.2 Å². The van der Waals surface area contributed by atoms with Crippen molar-refractivity contribution in [2.75, 3.05) is 26.2 Å². The summed E-state index contributed by atoms with van der Waals surface area (Å²) in [4.78, 5) is 19.4. The van der Waals surface area contributed by atoms with Gasteiger partial charge in [-0.25, -0.2) is 9.50 Å². The second-order valence-corrected chi connectivity index (χ2v) is 6.86. The van der Waals surface area contributed by atoms with Crippen molar-refractivity contribution in [1.82, 2.24) is 24.8 Å². The Balaban J connectivity index is 0.00000169. The first-order chi connectivity index (χ1) is 11.1. The SMILES string of the molecule is Cc1cc2ncc(C(=O)N3CC[C@@H]4CNC[C@@H]4CC3)c(C)n2n1.Cl. The molecule has 24 heavy (non-hydrogen) atoms. The molecule has 130 valence electrons. The average Bonchev–Trinajstić information content (AvgIpc) is 3.09. The molecule has 0 aromatic carbocycles. The lowest BCUT2D eigenvalue weighted by molar-refractivity contribution is 0.0756. The summed E-state index contributed by atoms with van der Waals surface area (Å²) >= 11 is 0. The van der Waals surface area contributed by atoms with E-state index < -0.39 is 0 Å². The van der Waals surface area contributed by atoms with Crippen LogP contribution in [-0.4, -0.2) is 51.6 Å². The quantitative estimate of drug-likeness (QED) is 0.853. The molecular formula is C17H24ClN5O. The Labute approximate surface area is 148 Å². The van der Waals surface area contributed by atoms with Crippen molar-refractivity contribution in [2.24, 2.45) is 11.8 Å². The van der Waals surface area contributed by atoms with Gasteiger partial charge in [-0.15, -0.1) is 12.4 Å². The molecule has 2 atom stereocenters. The molecule has 1 N–H and O–H groups in total. The monoisotopic (exact) mass is 349 g/mol. The molecule has 4 heterocycles. The summed E-state index contributed by atoms with van der Waals surface area (Å²) in [5.41, 5.74) is 3.26. The zero-order valence-electron chi connectivity index (χ0n) is 14.2. The van der Waals surface area contributed by atoms with E-state index in [9.17, 15) is 4.79 Å². The number of amides is 1. The number of hydrogen-bond donors (Lipinski definition) is 1. The summed E-state index contributed by atoms with van der Waals surface area (Å²) in [5.74, 6) is 1.55. The molecule has 2 aliphatic heterocycles. The van der Waals surface area contributed by atoms with Gasteiger partial charge in [-0.05, 0) is 51.6 Å². The van der Waals surface area contributed by atoms with Gasteiger partial charge in [-0.1, -0.05) is 0 Å². The Kier molecular flexibility index (Phi) is 4.78. The molecule has 0 radical (unpaired) electrons. The molecule has 1 amide bonds. The molecule has 0 saturated carbocycles. The van der Waals surface area contributed by atoms with E-state index in [0.717, 1.165) is 67.9 Å². The fraction of sp³-hybridized carbons (Fsp3) is 0.588. The fourth-order valence-electron chi connectivity index (χ4n) is 3.96. The van der Waals surface area contributed by atoms with Gasteiger partial charge in [0.1, 0.15) is 0 Å². The van der Waals surface area contributed by atoms with E-state index in [1.165, 1.54) is 0 Å². The van der Waals surface area contributed by atoms with Crippen molar-refractivity contribution >= 4 is 24.0 Å². The number of carbonyl (C=O) groups is 1. The second-order valence-electron chi connectivity index (χ2n) is 6.86. The molecule has 2 fully saturated rings. The minimum atomic E-state index is 0. The molecule has 0 spiro atoms. The summed E-state index contributed by atoms with van der Waals surface area (Å²) in [7, 11) is 0. The number of fused-ring (bicyclic) bond motifs is 2. The van der Waals surface area contributed by atoms with Gasteiger partial charge in [-0.3, -0.25) is 4.79 Å². The van der Waals surface area contributed by atoms with Crippen LogP contribution in [-0.2, 0) is 0 Å². The van der Waals surface area contributed by atoms with Crippen LogP contribution in [0.5, 0.6) is 0 Å². The van der Waals surface area contributed by atoms with Crippen molar-refractivity contribution in [3.63, 3.8) is 0 Å². The Morgan fingerprint density at radius 3 is 2.54 bits per heavy atom. The number of nitrogens with one attached hydrogen (secondary N) is 1. The Hall–Kier alpha value is -1.66. The molecule has 7 heteroatoms. The van der Waals surface area contributed by atoms with Gasteiger partial charge in [-0.2, -0.15) is 5.10 Å². The Morgan fingerprint density at radius 2 is 1.88 bits per heavy atom. The van der Waals surface area contributed by atoms with Crippen molar-refractivity contribution in [2.45, 2.75) is 26.7 Å². The van der Waals surface area contributed by atoms with Crippen LogP contribution in [0.1, 0.15) is 34.6 Å². The molecule has 2 aromatic rings. The standard InChI is InChI=1S/C17H23N5O.ClH/c1-11-7-16-19-10-15(12(2)22(16)20-11)17(23)21-5-3-13-8-18-9-14(13)4-6-21;/h7,10,13-14,18H,3-6,8-9H2,1-2H3;1H/t13-,14+;. The number of aromatic nitrogens is 3. The lowest BCUT2D eigenvalue weighted by Gasteiger charge is -2.21. The fourth-order valence-corrected chi connectivity index (χ4v) is 3.96. The lowest BCUT2D eigenvalue weighted by atomic mass is 9.92. The number of nitrogens with zero attached hydrogens (tertiary/aromatic N) is 4. The molecule has 2 aromatic heterocycles. The Morgan fingerprint density at radius 1 is 1.21 bits per heavy atom. The molecule has 0 bridgehead atoms.